The first-order valence-corrected chi connectivity index (χ1v) is 9.73. The summed E-state index contributed by atoms with van der Waals surface area (Å²) in [5.74, 6) is -1.03. The molecule has 2 N–H and O–H groups in total. The highest BCUT2D eigenvalue weighted by Gasteiger charge is 2.10. The number of hydrogen-bond acceptors (Lipinski definition) is 5. The average molecular weight is 420 g/mol. The Morgan fingerprint density at radius 2 is 1.68 bits per heavy atom. The number of nitrogens with one attached hydrogen (secondary N) is 2. The number of benzene rings is 2. The molecule has 0 aliphatic rings. The highest BCUT2D eigenvalue weighted by Crippen LogP contribution is 2.15. The zero-order valence-electron chi connectivity index (χ0n) is 17.6. The average Bonchev–Trinajstić information content (AvgIpc) is 3.11. The van der Waals surface area contributed by atoms with Crippen molar-refractivity contribution in [1.82, 2.24) is 15.1 Å². The van der Waals surface area contributed by atoms with Crippen LogP contribution in [-0.2, 0) is 20.7 Å². The molecule has 160 valence electrons. The molecule has 0 atom stereocenters. The van der Waals surface area contributed by atoms with Crippen LogP contribution in [0, 0.1) is 13.8 Å². The van der Waals surface area contributed by atoms with Crippen molar-refractivity contribution in [2.45, 2.75) is 20.3 Å². The highest BCUT2D eigenvalue weighted by molar-refractivity contribution is 6.04. The second kappa shape index (κ2) is 9.71. The number of aromatic nitrogens is 2. The normalized spacial score (nSPS) is 10.4. The molecule has 0 radical (unpaired) electrons. The summed E-state index contributed by atoms with van der Waals surface area (Å²) >= 11 is 0. The van der Waals surface area contributed by atoms with Gasteiger partial charge in [0.2, 0.25) is 5.91 Å². The molecule has 0 aliphatic heterocycles. The number of carbonyl (C=O) groups excluding carboxylic acids is 3. The number of hydrogen-bond donors (Lipinski definition) is 2. The fourth-order valence-electron chi connectivity index (χ4n) is 3.04. The summed E-state index contributed by atoms with van der Waals surface area (Å²) in [6.45, 7) is 3.75. The fraction of sp³-hybridized carbons (Fsp3) is 0.217. The van der Waals surface area contributed by atoms with Gasteiger partial charge in [0.05, 0.1) is 24.9 Å². The van der Waals surface area contributed by atoms with Gasteiger partial charge in [0, 0.05) is 16.9 Å². The van der Waals surface area contributed by atoms with Gasteiger partial charge in [0.1, 0.15) is 6.54 Å². The maximum absolute atomic E-state index is 12.5. The lowest BCUT2D eigenvalue weighted by molar-refractivity contribution is -0.141. The van der Waals surface area contributed by atoms with Gasteiger partial charge in [-0.15, -0.1) is 0 Å². The van der Waals surface area contributed by atoms with Crippen molar-refractivity contribution < 1.29 is 19.1 Å². The van der Waals surface area contributed by atoms with Gasteiger partial charge in [-0.3, -0.25) is 14.4 Å². The largest absolute Gasteiger partial charge is 0.468 e. The van der Waals surface area contributed by atoms with E-state index in [1.165, 1.54) is 7.11 Å². The minimum absolute atomic E-state index is 0.124. The number of nitrogens with zero attached hydrogens (tertiary/aromatic N) is 2. The summed E-state index contributed by atoms with van der Waals surface area (Å²) in [6, 6.07) is 16.2. The lowest BCUT2D eigenvalue weighted by Crippen LogP contribution is -2.31. The van der Waals surface area contributed by atoms with Gasteiger partial charge < -0.3 is 15.4 Å². The first-order chi connectivity index (χ1) is 14.9. The van der Waals surface area contributed by atoms with E-state index in [0.717, 1.165) is 22.6 Å². The van der Waals surface area contributed by atoms with Crippen molar-refractivity contribution >= 4 is 23.5 Å². The van der Waals surface area contributed by atoms with E-state index >= 15 is 0 Å². The van der Waals surface area contributed by atoms with Crippen molar-refractivity contribution in [3.8, 4) is 5.69 Å². The summed E-state index contributed by atoms with van der Waals surface area (Å²) < 4.78 is 6.31. The number of carbonyl (C=O) groups is 3. The molecular weight excluding hydrogens is 396 g/mol. The molecule has 8 nitrogen and oxygen atoms in total. The van der Waals surface area contributed by atoms with Gasteiger partial charge in [-0.1, -0.05) is 12.1 Å². The van der Waals surface area contributed by atoms with Crippen LogP contribution in [0.5, 0.6) is 0 Å². The van der Waals surface area contributed by atoms with Gasteiger partial charge >= 0.3 is 5.97 Å². The Morgan fingerprint density at radius 3 is 2.26 bits per heavy atom. The number of ether oxygens (including phenoxy) is 1. The van der Waals surface area contributed by atoms with E-state index in [-0.39, 0.29) is 24.8 Å². The van der Waals surface area contributed by atoms with E-state index in [2.05, 4.69) is 20.5 Å². The summed E-state index contributed by atoms with van der Waals surface area (Å²) in [5, 5.41) is 9.76. The van der Waals surface area contributed by atoms with Crippen LogP contribution in [0.1, 0.15) is 27.3 Å². The van der Waals surface area contributed by atoms with Gasteiger partial charge in [-0.2, -0.15) is 5.10 Å². The molecule has 1 heterocycles. The van der Waals surface area contributed by atoms with Crippen LogP contribution in [0.3, 0.4) is 0 Å². The second-order valence-electron chi connectivity index (χ2n) is 7.07. The van der Waals surface area contributed by atoms with Crippen LogP contribution >= 0.6 is 0 Å². The predicted octanol–water partition coefficient (Wildman–Crippen LogP) is 2.57. The molecule has 0 aliphatic carbocycles. The molecule has 3 aromatic rings. The molecule has 0 saturated heterocycles. The van der Waals surface area contributed by atoms with Gasteiger partial charge in [0.15, 0.2) is 0 Å². The predicted molar refractivity (Wildman–Crippen MR) is 116 cm³/mol. The Morgan fingerprint density at radius 1 is 1.00 bits per heavy atom. The molecule has 0 saturated carbocycles. The molecule has 31 heavy (non-hydrogen) atoms. The Kier molecular flexibility index (Phi) is 6.81. The third-order valence-corrected chi connectivity index (χ3v) is 4.62. The SMILES string of the molecule is COC(=O)CNC(=O)Cc1ccc(NC(=O)c2ccc(-n3nc(C)cc3C)cc2)cc1. The Labute approximate surface area is 180 Å². The zero-order chi connectivity index (χ0) is 22.4. The zero-order valence-corrected chi connectivity index (χ0v) is 17.6. The molecule has 0 bridgehead atoms. The minimum Gasteiger partial charge on any atom is -0.468 e. The molecule has 2 amide bonds. The topological polar surface area (TPSA) is 102 Å². The first kappa shape index (κ1) is 21.8. The van der Waals surface area contributed by atoms with Crippen LogP contribution in [0.25, 0.3) is 5.69 Å². The monoisotopic (exact) mass is 420 g/mol. The van der Waals surface area contributed by atoms with Crippen molar-refractivity contribution in [2.24, 2.45) is 0 Å². The van der Waals surface area contributed by atoms with E-state index in [0.29, 0.717) is 11.3 Å². The molecule has 1 aromatic heterocycles. The number of anilines is 1. The summed E-state index contributed by atoms with van der Waals surface area (Å²) in [6.07, 6.45) is 0.124. The highest BCUT2D eigenvalue weighted by atomic mass is 16.5. The van der Waals surface area contributed by atoms with E-state index < -0.39 is 5.97 Å². The van der Waals surface area contributed by atoms with Gasteiger partial charge in [-0.05, 0) is 61.9 Å². The van der Waals surface area contributed by atoms with Gasteiger partial charge in [0.25, 0.3) is 5.91 Å². The number of esters is 1. The third kappa shape index (κ3) is 5.79. The molecule has 0 fully saturated rings. The van der Waals surface area contributed by atoms with Gasteiger partial charge in [-0.25, -0.2) is 4.68 Å². The van der Waals surface area contributed by atoms with Crippen molar-refractivity contribution in [2.75, 3.05) is 19.0 Å². The van der Waals surface area contributed by atoms with Crippen molar-refractivity contribution in [1.29, 1.82) is 0 Å². The number of rotatable bonds is 7. The molecular formula is C23H24N4O4. The number of methoxy groups -OCH3 is 1. The number of aryl methyl sites for hydroxylation is 2. The minimum atomic E-state index is -0.505. The Hall–Kier alpha value is -3.94. The summed E-state index contributed by atoms with van der Waals surface area (Å²) in [5.41, 5.74) is 4.74. The van der Waals surface area contributed by atoms with E-state index in [1.807, 2.05) is 36.7 Å². The van der Waals surface area contributed by atoms with E-state index in [4.69, 9.17) is 0 Å². The lowest BCUT2D eigenvalue weighted by Gasteiger charge is -2.09. The Balaban J connectivity index is 1.57. The molecule has 3 rings (SSSR count). The van der Waals surface area contributed by atoms with Crippen molar-refractivity contribution in [3.63, 3.8) is 0 Å². The molecule has 0 unspecified atom stereocenters. The Bertz CT molecular complexity index is 1090. The fourth-order valence-corrected chi connectivity index (χ4v) is 3.04. The lowest BCUT2D eigenvalue weighted by atomic mass is 10.1. The van der Waals surface area contributed by atoms with Crippen LogP contribution < -0.4 is 10.6 Å². The van der Waals surface area contributed by atoms with E-state index in [9.17, 15) is 14.4 Å². The summed E-state index contributed by atoms with van der Waals surface area (Å²) in [4.78, 5) is 35.4. The standard InChI is InChI=1S/C23H24N4O4/c1-15-12-16(2)27(26-15)20-10-6-18(7-11-20)23(30)25-19-8-4-17(5-9-19)13-21(28)24-14-22(29)31-3/h4-12H,13-14H2,1-3H3,(H,24,28)(H,25,30). The van der Waals surface area contributed by atoms with Crippen LogP contribution in [0.15, 0.2) is 54.6 Å². The smallest absolute Gasteiger partial charge is 0.325 e. The second-order valence-corrected chi connectivity index (χ2v) is 7.07. The van der Waals surface area contributed by atoms with Crippen LogP contribution in [-0.4, -0.2) is 41.2 Å². The van der Waals surface area contributed by atoms with Crippen molar-refractivity contribution in [3.05, 3.63) is 77.1 Å². The molecule has 2 aromatic carbocycles. The maximum Gasteiger partial charge on any atom is 0.325 e. The molecule has 8 heteroatoms. The quantitative estimate of drug-likeness (QED) is 0.572. The van der Waals surface area contributed by atoms with E-state index in [1.54, 1.807) is 36.4 Å². The van der Waals surface area contributed by atoms with Crippen LogP contribution in [0.2, 0.25) is 0 Å². The number of amides is 2. The third-order valence-electron chi connectivity index (χ3n) is 4.62. The molecule has 0 spiro atoms. The maximum atomic E-state index is 12.5. The first-order valence-electron chi connectivity index (χ1n) is 9.73. The van der Waals surface area contributed by atoms with Crippen LogP contribution in [0.4, 0.5) is 5.69 Å². The summed E-state index contributed by atoms with van der Waals surface area (Å²) in [7, 11) is 1.26.